The number of rotatable bonds is 12. The quantitative estimate of drug-likeness (QED) is 0.505. The van der Waals surface area contributed by atoms with Gasteiger partial charge in [0.1, 0.15) is 0 Å². The van der Waals surface area contributed by atoms with Crippen LogP contribution in [0.3, 0.4) is 0 Å². The Kier molecular flexibility index (Phi) is 10.4. The van der Waals surface area contributed by atoms with Crippen LogP contribution < -0.4 is 16.0 Å². The summed E-state index contributed by atoms with van der Waals surface area (Å²) in [6, 6.07) is 7.35. The maximum Gasteiger partial charge on any atom is 0.251 e. The molecule has 1 atom stereocenters. The molecule has 0 bridgehead atoms. The van der Waals surface area contributed by atoms with Crippen molar-refractivity contribution in [1.29, 1.82) is 0 Å². The highest BCUT2D eigenvalue weighted by Gasteiger charge is 2.08. The average Bonchev–Trinajstić information content (AvgIpc) is 2.63. The molecular formula is C20H33N3O2. The van der Waals surface area contributed by atoms with Crippen molar-refractivity contribution >= 4 is 17.5 Å². The molecule has 0 aliphatic rings. The summed E-state index contributed by atoms with van der Waals surface area (Å²) in [4.78, 5) is 23.8. The molecule has 25 heavy (non-hydrogen) atoms. The first kappa shape index (κ1) is 21.0. The normalized spacial score (nSPS) is 11.6. The lowest BCUT2D eigenvalue weighted by Gasteiger charge is -2.12. The Labute approximate surface area is 152 Å². The fourth-order valence-electron chi connectivity index (χ4n) is 2.35. The molecule has 0 spiro atoms. The van der Waals surface area contributed by atoms with E-state index in [-0.39, 0.29) is 24.4 Å². The van der Waals surface area contributed by atoms with Crippen molar-refractivity contribution in [2.45, 2.75) is 65.3 Å². The highest BCUT2D eigenvalue weighted by Crippen LogP contribution is 2.09. The maximum absolute atomic E-state index is 12.0. The van der Waals surface area contributed by atoms with Gasteiger partial charge in [-0.25, -0.2) is 0 Å². The van der Waals surface area contributed by atoms with Crippen molar-refractivity contribution in [3.63, 3.8) is 0 Å². The first-order valence-electron chi connectivity index (χ1n) is 9.48. The Hall–Kier alpha value is -2.04. The standard InChI is InChI=1S/C20H33N3O2/c1-4-6-7-8-9-14-21-19(24)15-22-18-12-10-17(11-13-18)20(25)23-16(3)5-2/h10-13,16,22H,4-9,14-15H2,1-3H3,(H,21,24)(H,23,25). The van der Waals surface area contributed by atoms with Gasteiger partial charge in [-0.1, -0.05) is 39.5 Å². The minimum atomic E-state index is -0.0679. The minimum absolute atomic E-state index is 0.00548. The first-order valence-corrected chi connectivity index (χ1v) is 9.48. The number of nitrogens with one attached hydrogen (secondary N) is 3. The molecular weight excluding hydrogens is 314 g/mol. The van der Waals surface area contributed by atoms with Crippen LogP contribution in [0.25, 0.3) is 0 Å². The van der Waals surface area contributed by atoms with Crippen molar-refractivity contribution in [3.05, 3.63) is 29.8 Å². The third-order valence-corrected chi connectivity index (χ3v) is 4.19. The van der Waals surface area contributed by atoms with Gasteiger partial charge in [0.2, 0.25) is 5.91 Å². The van der Waals surface area contributed by atoms with Crippen LogP contribution in [-0.4, -0.2) is 30.9 Å². The van der Waals surface area contributed by atoms with E-state index in [0.29, 0.717) is 5.56 Å². The summed E-state index contributed by atoms with van der Waals surface area (Å²) in [6.45, 7) is 7.19. The smallest absolute Gasteiger partial charge is 0.251 e. The summed E-state index contributed by atoms with van der Waals surface area (Å²) in [5, 5.41) is 8.94. The number of anilines is 1. The van der Waals surface area contributed by atoms with E-state index >= 15 is 0 Å². The van der Waals surface area contributed by atoms with Crippen molar-refractivity contribution in [2.24, 2.45) is 0 Å². The Morgan fingerprint density at radius 3 is 2.32 bits per heavy atom. The molecule has 3 N–H and O–H groups in total. The number of amides is 2. The summed E-state index contributed by atoms with van der Waals surface area (Å²) in [6.07, 6.45) is 6.84. The molecule has 2 amide bonds. The van der Waals surface area contributed by atoms with E-state index in [0.717, 1.165) is 25.1 Å². The van der Waals surface area contributed by atoms with E-state index in [2.05, 4.69) is 22.9 Å². The van der Waals surface area contributed by atoms with Crippen LogP contribution in [0.1, 0.15) is 69.7 Å². The fraction of sp³-hybridized carbons (Fsp3) is 0.600. The Bertz CT molecular complexity index is 514. The fourth-order valence-corrected chi connectivity index (χ4v) is 2.35. The number of hydrogen-bond acceptors (Lipinski definition) is 3. The highest BCUT2D eigenvalue weighted by atomic mass is 16.2. The lowest BCUT2D eigenvalue weighted by Crippen LogP contribution is -2.32. The third kappa shape index (κ3) is 9.13. The topological polar surface area (TPSA) is 70.2 Å². The highest BCUT2D eigenvalue weighted by molar-refractivity contribution is 5.94. The number of unbranched alkanes of at least 4 members (excludes halogenated alkanes) is 4. The summed E-state index contributed by atoms with van der Waals surface area (Å²) in [7, 11) is 0. The first-order chi connectivity index (χ1) is 12.1. The van der Waals surface area contributed by atoms with E-state index in [1.165, 1.54) is 25.7 Å². The number of carbonyl (C=O) groups excluding carboxylic acids is 2. The molecule has 5 heteroatoms. The van der Waals surface area contributed by atoms with Crippen LogP contribution >= 0.6 is 0 Å². The predicted octanol–water partition coefficient (Wildman–Crippen LogP) is 3.71. The molecule has 0 aromatic heterocycles. The van der Waals surface area contributed by atoms with Crippen molar-refractivity contribution in [2.75, 3.05) is 18.4 Å². The van der Waals surface area contributed by atoms with Crippen molar-refractivity contribution in [1.82, 2.24) is 10.6 Å². The minimum Gasteiger partial charge on any atom is -0.376 e. The van der Waals surface area contributed by atoms with Gasteiger partial charge < -0.3 is 16.0 Å². The van der Waals surface area contributed by atoms with Crippen LogP contribution in [0.15, 0.2) is 24.3 Å². The molecule has 1 aromatic rings. The average molecular weight is 348 g/mol. The van der Waals surface area contributed by atoms with Crippen LogP contribution in [0.5, 0.6) is 0 Å². The molecule has 1 rings (SSSR count). The van der Waals surface area contributed by atoms with Gasteiger partial charge in [0, 0.05) is 23.8 Å². The van der Waals surface area contributed by atoms with Gasteiger partial charge in [-0.2, -0.15) is 0 Å². The predicted molar refractivity (Wildman–Crippen MR) is 104 cm³/mol. The Morgan fingerprint density at radius 2 is 1.68 bits per heavy atom. The zero-order chi connectivity index (χ0) is 18.5. The van der Waals surface area contributed by atoms with E-state index < -0.39 is 0 Å². The summed E-state index contributed by atoms with van der Waals surface area (Å²) in [5.74, 6) is -0.0733. The maximum atomic E-state index is 12.0. The van der Waals surface area contributed by atoms with Gasteiger partial charge in [0.15, 0.2) is 0 Å². The second-order valence-electron chi connectivity index (χ2n) is 6.48. The van der Waals surface area contributed by atoms with Crippen molar-refractivity contribution in [3.8, 4) is 0 Å². The van der Waals surface area contributed by atoms with Gasteiger partial charge in [-0.05, 0) is 44.0 Å². The summed E-state index contributed by atoms with van der Waals surface area (Å²) in [5.41, 5.74) is 1.46. The number of hydrogen-bond donors (Lipinski definition) is 3. The Morgan fingerprint density at radius 1 is 1.00 bits per heavy atom. The van der Waals surface area contributed by atoms with Crippen LogP contribution in [0, 0.1) is 0 Å². The lowest BCUT2D eigenvalue weighted by molar-refractivity contribution is -0.119. The van der Waals surface area contributed by atoms with Gasteiger partial charge in [-0.15, -0.1) is 0 Å². The molecule has 0 heterocycles. The zero-order valence-corrected chi connectivity index (χ0v) is 15.9. The van der Waals surface area contributed by atoms with E-state index in [4.69, 9.17) is 0 Å². The molecule has 5 nitrogen and oxygen atoms in total. The van der Waals surface area contributed by atoms with Gasteiger partial charge in [0.25, 0.3) is 5.91 Å². The largest absolute Gasteiger partial charge is 0.376 e. The molecule has 0 fully saturated rings. The van der Waals surface area contributed by atoms with Gasteiger partial charge in [-0.3, -0.25) is 9.59 Å². The molecule has 0 saturated carbocycles. The number of benzene rings is 1. The molecule has 1 aromatic carbocycles. The molecule has 140 valence electrons. The van der Waals surface area contributed by atoms with Crippen molar-refractivity contribution < 1.29 is 9.59 Å². The SMILES string of the molecule is CCCCCCCNC(=O)CNc1ccc(C(=O)NC(C)CC)cc1. The summed E-state index contributed by atoms with van der Waals surface area (Å²) < 4.78 is 0. The second kappa shape index (κ2) is 12.3. The summed E-state index contributed by atoms with van der Waals surface area (Å²) >= 11 is 0. The molecule has 0 aliphatic carbocycles. The number of carbonyl (C=O) groups is 2. The third-order valence-electron chi connectivity index (χ3n) is 4.19. The van der Waals surface area contributed by atoms with Gasteiger partial charge in [0.05, 0.1) is 6.54 Å². The molecule has 0 saturated heterocycles. The zero-order valence-electron chi connectivity index (χ0n) is 15.9. The van der Waals surface area contributed by atoms with Gasteiger partial charge >= 0.3 is 0 Å². The Balaban J connectivity index is 2.26. The van der Waals surface area contributed by atoms with Crippen LogP contribution in [-0.2, 0) is 4.79 Å². The van der Waals surface area contributed by atoms with Crippen LogP contribution in [0.4, 0.5) is 5.69 Å². The van der Waals surface area contributed by atoms with E-state index in [1.54, 1.807) is 12.1 Å². The molecule has 0 radical (unpaired) electrons. The lowest BCUT2D eigenvalue weighted by atomic mass is 10.1. The van der Waals surface area contributed by atoms with Crippen LogP contribution in [0.2, 0.25) is 0 Å². The van der Waals surface area contributed by atoms with E-state index in [9.17, 15) is 9.59 Å². The molecule has 1 unspecified atom stereocenters. The second-order valence-corrected chi connectivity index (χ2v) is 6.48. The van der Waals surface area contributed by atoms with E-state index in [1.807, 2.05) is 26.0 Å². The molecule has 0 aliphatic heterocycles. The monoisotopic (exact) mass is 347 g/mol.